The van der Waals surface area contributed by atoms with E-state index in [9.17, 15) is 9.59 Å². The summed E-state index contributed by atoms with van der Waals surface area (Å²) in [6.45, 7) is 0.583. The summed E-state index contributed by atoms with van der Waals surface area (Å²) in [5, 5.41) is 5.31. The van der Waals surface area contributed by atoms with E-state index in [1.54, 1.807) is 19.2 Å². The molecule has 1 aromatic heterocycles. The number of benzene rings is 1. The molecule has 0 aliphatic rings. The lowest BCUT2D eigenvalue weighted by Crippen LogP contribution is -2.31. The number of carbonyl (C=O) groups is 2. The highest BCUT2D eigenvalue weighted by molar-refractivity contribution is 5.96. The third kappa shape index (κ3) is 4.66. The van der Waals surface area contributed by atoms with Crippen molar-refractivity contribution in [3.8, 4) is 5.75 Å². The van der Waals surface area contributed by atoms with Gasteiger partial charge in [0, 0.05) is 12.1 Å². The van der Waals surface area contributed by atoms with Gasteiger partial charge in [-0.3, -0.25) is 9.59 Å². The second-order valence-corrected chi connectivity index (χ2v) is 4.62. The number of amides is 2. The first-order chi connectivity index (χ1) is 10.7. The molecule has 0 aliphatic heterocycles. The molecule has 0 bridgehead atoms. The first-order valence-electron chi connectivity index (χ1n) is 6.86. The molecule has 0 saturated carbocycles. The molecule has 1 heterocycles. The Morgan fingerprint density at radius 3 is 2.45 bits per heavy atom. The molecular formula is C16H18N2O4. The third-order valence-electron chi connectivity index (χ3n) is 3.03. The highest BCUT2D eigenvalue weighted by Gasteiger charge is 2.10. The van der Waals surface area contributed by atoms with Crippen LogP contribution in [0, 0.1) is 0 Å². The van der Waals surface area contributed by atoms with E-state index in [2.05, 4.69) is 10.6 Å². The van der Waals surface area contributed by atoms with Crippen molar-refractivity contribution in [1.82, 2.24) is 10.6 Å². The van der Waals surface area contributed by atoms with Crippen molar-refractivity contribution in [3.63, 3.8) is 0 Å². The predicted octanol–water partition coefficient (Wildman–Crippen LogP) is 1.61. The molecule has 6 heteroatoms. The molecule has 0 radical (unpaired) electrons. The standard InChI is InChI=1S/C16H18N2O4/c1-21-14-7-3-2-5-12(14)10-17-15(19)9-16(20)18-11-13-6-4-8-22-13/h2-8H,9-11H2,1H3,(H,17,19)(H,18,20). The molecule has 2 aromatic rings. The van der Waals surface area contributed by atoms with Crippen LogP contribution in [0.2, 0.25) is 0 Å². The van der Waals surface area contributed by atoms with Crippen LogP contribution in [0.5, 0.6) is 5.75 Å². The van der Waals surface area contributed by atoms with Crippen molar-refractivity contribution in [2.45, 2.75) is 19.5 Å². The van der Waals surface area contributed by atoms with Crippen LogP contribution in [0.25, 0.3) is 0 Å². The zero-order chi connectivity index (χ0) is 15.8. The van der Waals surface area contributed by atoms with Gasteiger partial charge in [0.15, 0.2) is 0 Å². The highest BCUT2D eigenvalue weighted by atomic mass is 16.5. The molecule has 0 spiro atoms. The SMILES string of the molecule is COc1ccccc1CNC(=O)CC(=O)NCc1ccco1. The third-order valence-corrected chi connectivity index (χ3v) is 3.03. The monoisotopic (exact) mass is 302 g/mol. The first kappa shape index (κ1) is 15.6. The minimum Gasteiger partial charge on any atom is -0.496 e. The maximum atomic E-state index is 11.8. The molecule has 2 rings (SSSR count). The molecule has 0 atom stereocenters. The molecule has 0 unspecified atom stereocenters. The fourth-order valence-electron chi connectivity index (χ4n) is 1.91. The summed E-state index contributed by atoms with van der Waals surface area (Å²) in [6, 6.07) is 10.9. The Morgan fingerprint density at radius 1 is 1.05 bits per heavy atom. The Bertz CT molecular complexity index is 623. The minimum absolute atomic E-state index is 0.226. The molecule has 116 valence electrons. The van der Waals surface area contributed by atoms with Crippen molar-refractivity contribution in [2.75, 3.05) is 7.11 Å². The van der Waals surface area contributed by atoms with Crippen LogP contribution in [0.15, 0.2) is 47.1 Å². The first-order valence-corrected chi connectivity index (χ1v) is 6.86. The van der Waals surface area contributed by atoms with Crippen molar-refractivity contribution in [2.24, 2.45) is 0 Å². The minimum atomic E-state index is -0.353. The van der Waals surface area contributed by atoms with Gasteiger partial charge in [-0.1, -0.05) is 18.2 Å². The van der Waals surface area contributed by atoms with E-state index in [0.29, 0.717) is 18.1 Å². The smallest absolute Gasteiger partial charge is 0.229 e. The molecule has 0 aliphatic carbocycles. The van der Waals surface area contributed by atoms with Gasteiger partial charge in [0.25, 0.3) is 0 Å². The number of hydrogen-bond acceptors (Lipinski definition) is 4. The second-order valence-electron chi connectivity index (χ2n) is 4.62. The van der Waals surface area contributed by atoms with Gasteiger partial charge in [-0.2, -0.15) is 0 Å². The van der Waals surface area contributed by atoms with Crippen molar-refractivity contribution in [3.05, 3.63) is 54.0 Å². The predicted molar refractivity (Wildman–Crippen MR) is 80.0 cm³/mol. The Hall–Kier alpha value is -2.76. The van der Waals surface area contributed by atoms with E-state index >= 15 is 0 Å². The Balaban J connectivity index is 1.74. The number of para-hydroxylation sites is 1. The van der Waals surface area contributed by atoms with Crippen LogP contribution in [0.4, 0.5) is 0 Å². The van der Waals surface area contributed by atoms with Gasteiger partial charge < -0.3 is 19.8 Å². The van der Waals surface area contributed by atoms with Crippen LogP contribution < -0.4 is 15.4 Å². The summed E-state index contributed by atoms with van der Waals surface area (Å²) < 4.78 is 10.3. The Kier molecular flexibility index (Phi) is 5.59. The van der Waals surface area contributed by atoms with E-state index in [1.165, 1.54) is 6.26 Å². The van der Waals surface area contributed by atoms with E-state index in [-0.39, 0.29) is 24.8 Å². The number of ether oxygens (including phenoxy) is 1. The van der Waals surface area contributed by atoms with Gasteiger partial charge in [0.2, 0.25) is 11.8 Å². The van der Waals surface area contributed by atoms with Gasteiger partial charge >= 0.3 is 0 Å². The normalized spacial score (nSPS) is 10.0. The molecular weight excluding hydrogens is 284 g/mol. The molecule has 1 aromatic carbocycles. The lowest BCUT2D eigenvalue weighted by Gasteiger charge is -2.09. The van der Waals surface area contributed by atoms with Gasteiger partial charge in [0.1, 0.15) is 17.9 Å². The Labute approximate surface area is 128 Å². The second kappa shape index (κ2) is 7.87. The van der Waals surface area contributed by atoms with Crippen molar-refractivity contribution < 1.29 is 18.7 Å². The number of nitrogens with one attached hydrogen (secondary N) is 2. The molecule has 2 N–H and O–H groups in total. The number of rotatable bonds is 7. The van der Waals surface area contributed by atoms with E-state index in [1.807, 2.05) is 24.3 Å². The van der Waals surface area contributed by atoms with Gasteiger partial charge in [-0.25, -0.2) is 0 Å². The zero-order valence-corrected chi connectivity index (χ0v) is 12.3. The van der Waals surface area contributed by atoms with Crippen LogP contribution in [-0.2, 0) is 22.7 Å². The van der Waals surface area contributed by atoms with E-state index in [4.69, 9.17) is 9.15 Å². The molecule has 6 nitrogen and oxygen atoms in total. The molecule has 2 amide bonds. The quantitative estimate of drug-likeness (QED) is 0.761. The average molecular weight is 302 g/mol. The summed E-state index contributed by atoms with van der Waals surface area (Å²) in [6.07, 6.45) is 1.30. The Morgan fingerprint density at radius 2 is 1.77 bits per heavy atom. The summed E-state index contributed by atoms with van der Waals surface area (Å²) in [7, 11) is 1.57. The summed E-state index contributed by atoms with van der Waals surface area (Å²) in [5.41, 5.74) is 0.856. The highest BCUT2D eigenvalue weighted by Crippen LogP contribution is 2.16. The number of furan rings is 1. The fraction of sp³-hybridized carbons (Fsp3) is 0.250. The van der Waals surface area contributed by atoms with Gasteiger partial charge in [0.05, 0.1) is 19.9 Å². The van der Waals surface area contributed by atoms with Crippen LogP contribution >= 0.6 is 0 Å². The zero-order valence-electron chi connectivity index (χ0n) is 12.3. The van der Waals surface area contributed by atoms with E-state index in [0.717, 1.165) is 5.56 Å². The van der Waals surface area contributed by atoms with E-state index < -0.39 is 0 Å². The fourth-order valence-corrected chi connectivity index (χ4v) is 1.91. The largest absolute Gasteiger partial charge is 0.496 e. The summed E-state index contributed by atoms with van der Waals surface area (Å²) >= 11 is 0. The van der Waals surface area contributed by atoms with Crippen molar-refractivity contribution >= 4 is 11.8 Å². The van der Waals surface area contributed by atoms with Gasteiger partial charge in [-0.15, -0.1) is 0 Å². The van der Waals surface area contributed by atoms with Crippen LogP contribution in [0.1, 0.15) is 17.7 Å². The van der Waals surface area contributed by atoms with Crippen molar-refractivity contribution in [1.29, 1.82) is 0 Å². The molecule has 22 heavy (non-hydrogen) atoms. The average Bonchev–Trinajstić information content (AvgIpc) is 3.04. The summed E-state index contributed by atoms with van der Waals surface area (Å²) in [4.78, 5) is 23.4. The maximum Gasteiger partial charge on any atom is 0.229 e. The van der Waals surface area contributed by atoms with Crippen LogP contribution in [0.3, 0.4) is 0 Å². The van der Waals surface area contributed by atoms with Crippen LogP contribution in [-0.4, -0.2) is 18.9 Å². The number of carbonyl (C=O) groups excluding carboxylic acids is 2. The number of hydrogen-bond donors (Lipinski definition) is 2. The molecule has 0 fully saturated rings. The molecule has 0 saturated heterocycles. The topological polar surface area (TPSA) is 80.6 Å². The lowest BCUT2D eigenvalue weighted by molar-refractivity contribution is -0.129. The summed E-state index contributed by atoms with van der Waals surface area (Å²) in [5.74, 6) is 0.643. The maximum absolute atomic E-state index is 11.8. The number of methoxy groups -OCH3 is 1. The lowest BCUT2D eigenvalue weighted by atomic mass is 10.2. The van der Waals surface area contributed by atoms with Gasteiger partial charge in [-0.05, 0) is 18.2 Å².